The van der Waals surface area contributed by atoms with Crippen molar-refractivity contribution < 1.29 is 4.79 Å². The van der Waals surface area contributed by atoms with Gasteiger partial charge < -0.3 is 21.0 Å². The van der Waals surface area contributed by atoms with Gasteiger partial charge in [0.2, 0.25) is 0 Å². The molecule has 1 aromatic heterocycles. The molecule has 0 bridgehead atoms. The molecule has 1 aliphatic carbocycles. The van der Waals surface area contributed by atoms with Crippen molar-refractivity contribution in [1.82, 2.24) is 30.1 Å². The van der Waals surface area contributed by atoms with Crippen LogP contribution in [0.15, 0.2) is 11.3 Å². The molecule has 5 N–H and O–H groups in total. The molecule has 3 fully saturated rings. The van der Waals surface area contributed by atoms with E-state index in [9.17, 15) is 4.79 Å². The van der Waals surface area contributed by atoms with Crippen LogP contribution >= 0.6 is 11.6 Å². The fourth-order valence-electron chi connectivity index (χ4n) is 5.58. The highest BCUT2D eigenvalue weighted by Crippen LogP contribution is 2.30. The second-order valence-corrected chi connectivity index (χ2v) is 11.1. The van der Waals surface area contributed by atoms with Crippen LogP contribution in [0, 0.1) is 0 Å². The number of piperazine rings is 1. The SMILES string of the molecule is CC/C(CN1CCC(N2CCN(c3nc(N)c(C(=O)NC4CC4)nc3Cl)CC2CC)CC1)=C(/C)N(C)N. The monoisotopic (exact) mass is 533 g/mol. The highest BCUT2D eigenvalue weighted by molar-refractivity contribution is 6.32. The third-order valence-corrected chi connectivity index (χ3v) is 8.45. The van der Waals surface area contributed by atoms with Gasteiger partial charge in [0.05, 0.1) is 0 Å². The Morgan fingerprint density at radius 2 is 1.84 bits per heavy atom. The molecule has 1 saturated carbocycles. The number of likely N-dealkylation sites (tertiary alicyclic amines) is 1. The van der Waals surface area contributed by atoms with E-state index < -0.39 is 0 Å². The van der Waals surface area contributed by atoms with Crippen molar-refractivity contribution in [2.75, 3.05) is 56.9 Å². The minimum atomic E-state index is -0.296. The second kappa shape index (κ2) is 12.1. The Morgan fingerprint density at radius 1 is 1.14 bits per heavy atom. The Kier molecular flexibility index (Phi) is 9.15. The number of allylic oxidation sites excluding steroid dienone is 1. The molecular formula is C26H44ClN9O. The van der Waals surface area contributed by atoms with Crippen molar-refractivity contribution in [3.05, 3.63) is 22.1 Å². The lowest BCUT2D eigenvalue weighted by Gasteiger charge is -2.47. The first-order valence-electron chi connectivity index (χ1n) is 13.8. The number of hydrogen-bond acceptors (Lipinski definition) is 9. The summed E-state index contributed by atoms with van der Waals surface area (Å²) in [6.07, 6.45) is 6.40. The van der Waals surface area contributed by atoms with Crippen LogP contribution in [0.5, 0.6) is 0 Å². The Morgan fingerprint density at radius 3 is 2.43 bits per heavy atom. The highest BCUT2D eigenvalue weighted by Gasteiger charge is 2.35. The summed E-state index contributed by atoms with van der Waals surface area (Å²) >= 11 is 6.53. The number of nitrogens with zero attached hydrogens (tertiary/aromatic N) is 6. The Balaban J connectivity index is 1.36. The summed E-state index contributed by atoms with van der Waals surface area (Å²) in [6, 6.07) is 1.21. The summed E-state index contributed by atoms with van der Waals surface area (Å²) in [5.74, 6) is 6.40. The molecular weight excluding hydrogens is 490 g/mol. The molecule has 1 unspecified atom stereocenters. The molecule has 10 nitrogen and oxygen atoms in total. The number of aromatic nitrogens is 2. The molecule has 4 rings (SSSR count). The summed E-state index contributed by atoms with van der Waals surface area (Å²) in [7, 11) is 1.91. The standard InChI is InChI=1S/C26H44ClN9O/c1-5-18(17(3)33(4)29)15-34-11-9-21(10-12-34)36-14-13-35(16-20(36)6-2)25-23(27)31-22(24(28)32-25)26(37)30-19-7-8-19/h19-21H,5-16,29H2,1-4H3,(H2,28,32)(H,30,37)/b18-17+. The number of amides is 1. The number of halogens is 1. The molecule has 0 radical (unpaired) electrons. The van der Waals surface area contributed by atoms with Gasteiger partial charge in [0.1, 0.15) is 0 Å². The van der Waals surface area contributed by atoms with Gasteiger partial charge in [-0.3, -0.25) is 14.6 Å². The van der Waals surface area contributed by atoms with Crippen molar-refractivity contribution in [3.63, 3.8) is 0 Å². The Labute approximate surface area is 226 Å². The molecule has 11 heteroatoms. The van der Waals surface area contributed by atoms with Crippen LogP contribution in [0.3, 0.4) is 0 Å². The van der Waals surface area contributed by atoms with Gasteiger partial charge in [-0.25, -0.2) is 15.8 Å². The summed E-state index contributed by atoms with van der Waals surface area (Å²) in [6.45, 7) is 12.3. The van der Waals surface area contributed by atoms with Crippen molar-refractivity contribution in [2.24, 2.45) is 5.84 Å². The number of hydrazine groups is 1. The Bertz CT molecular complexity index is 989. The number of nitrogen functional groups attached to an aromatic ring is 1. The summed E-state index contributed by atoms with van der Waals surface area (Å²) in [5, 5.41) is 4.88. The maximum absolute atomic E-state index is 12.4. The zero-order valence-electron chi connectivity index (χ0n) is 22.8. The first-order valence-corrected chi connectivity index (χ1v) is 14.1. The van der Waals surface area contributed by atoms with Gasteiger partial charge in [-0.15, -0.1) is 0 Å². The molecule has 3 aliphatic rings. The van der Waals surface area contributed by atoms with Crippen LogP contribution < -0.4 is 21.8 Å². The summed E-state index contributed by atoms with van der Waals surface area (Å²) in [5.41, 5.74) is 8.85. The third kappa shape index (κ3) is 6.66. The smallest absolute Gasteiger partial charge is 0.274 e. The van der Waals surface area contributed by atoms with Gasteiger partial charge in [0.15, 0.2) is 22.5 Å². The van der Waals surface area contributed by atoms with Crippen LogP contribution in [0.25, 0.3) is 0 Å². The molecule has 1 amide bonds. The van der Waals surface area contributed by atoms with Crippen LogP contribution in [0.2, 0.25) is 5.15 Å². The Hall–Kier alpha value is -2.14. The zero-order chi connectivity index (χ0) is 26.7. The highest BCUT2D eigenvalue weighted by atomic mass is 35.5. The van der Waals surface area contributed by atoms with E-state index >= 15 is 0 Å². The van der Waals surface area contributed by atoms with Crippen LogP contribution in [-0.4, -0.2) is 95.1 Å². The van der Waals surface area contributed by atoms with Crippen molar-refractivity contribution >= 4 is 29.1 Å². The fraction of sp³-hybridized carbons (Fsp3) is 0.731. The summed E-state index contributed by atoms with van der Waals surface area (Å²) < 4.78 is 0. The molecule has 0 aromatic carbocycles. The van der Waals surface area contributed by atoms with Gasteiger partial charge in [0.25, 0.3) is 5.91 Å². The number of carbonyl (C=O) groups excluding carboxylic acids is 1. The molecule has 206 valence electrons. The topological polar surface area (TPSA) is 120 Å². The third-order valence-electron chi connectivity index (χ3n) is 8.20. The van der Waals surface area contributed by atoms with E-state index in [1.807, 2.05) is 7.05 Å². The van der Waals surface area contributed by atoms with Crippen molar-refractivity contribution in [3.8, 4) is 0 Å². The lowest BCUT2D eigenvalue weighted by atomic mass is 9.97. The van der Waals surface area contributed by atoms with Gasteiger partial charge >= 0.3 is 0 Å². The normalized spacial score (nSPS) is 22.6. The second-order valence-electron chi connectivity index (χ2n) is 10.7. The zero-order valence-corrected chi connectivity index (χ0v) is 23.6. The van der Waals surface area contributed by atoms with E-state index in [2.05, 4.69) is 50.8 Å². The van der Waals surface area contributed by atoms with Crippen LogP contribution in [0.1, 0.15) is 69.8 Å². The summed E-state index contributed by atoms with van der Waals surface area (Å²) in [4.78, 5) is 28.8. The number of rotatable bonds is 9. The average molecular weight is 534 g/mol. The maximum Gasteiger partial charge on any atom is 0.274 e. The molecule has 3 heterocycles. The molecule has 0 spiro atoms. The van der Waals surface area contributed by atoms with Gasteiger partial charge in [-0.1, -0.05) is 25.4 Å². The minimum Gasteiger partial charge on any atom is -0.382 e. The molecule has 1 atom stereocenters. The van der Waals surface area contributed by atoms with E-state index in [1.165, 1.54) is 24.1 Å². The van der Waals surface area contributed by atoms with E-state index in [1.54, 1.807) is 5.01 Å². The van der Waals surface area contributed by atoms with Crippen LogP contribution in [-0.2, 0) is 0 Å². The quantitative estimate of drug-likeness (QED) is 0.324. The number of piperidine rings is 1. The van der Waals surface area contributed by atoms with E-state index in [0.717, 1.165) is 65.0 Å². The van der Waals surface area contributed by atoms with E-state index in [-0.39, 0.29) is 28.6 Å². The van der Waals surface area contributed by atoms with Crippen molar-refractivity contribution in [2.45, 2.75) is 77.4 Å². The number of nitrogens with one attached hydrogen (secondary N) is 1. The number of anilines is 2. The lowest BCUT2D eigenvalue weighted by molar-refractivity contribution is 0.0654. The molecule has 2 saturated heterocycles. The van der Waals surface area contributed by atoms with Crippen molar-refractivity contribution in [1.29, 1.82) is 0 Å². The predicted octanol–water partition coefficient (Wildman–Crippen LogP) is 2.46. The molecule has 1 aromatic rings. The van der Waals surface area contributed by atoms with E-state index in [0.29, 0.717) is 17.9 Å². The maximum atomic E-state index is 12.4. The van der Waals surface area contributed by atoms with Gasteiger partial charge in [-0.05, 0) is 64.1 Å². The number of carbonyl (C=O) groups is 1. The first-order chi connectivity index (χ1) is 17.7. The predicted molar refractivity (Wildman–Crippen MR) is 149 cm³/mol. The van der Waals surface area contributed by atoms with Crippen LogP contribution in [0.4, 0.5) is 11.6 Å². The van der Waals surface area contributed by atoms with Gasteiger partial charge in [-0.2, -0.15) is 0 Å². The number of hydrogen-bond donors (Lipinski definition) is 3. The lowest BCUT2D eigenvalue weighted by Crippen LogP contribution is -2.58. The first kappa shape index (κ1) is 27.9. The largest absolute Gasteiger partial charge is 0.382 e. The number of nitrogens with two attached hydrogens (primary N) is 2. The minimum absolute atomic E-state index is 0.118. The molecule has 2 aliphatic heterocycles. The van der Waals surface area contributed by atoms with Gasteiger partial charge in [0, 0.05) is 57.0 Å². The van der Waals surface area contributed by atoms with E-state index in [4.69, 9.17) is 23.2 Å². The fourth-order valence-corrected chi connectivity index (χ4v) is 5.83. The molecule has 37 heavy (non-hydrogen) atoms. The average Bonchev–Trinajstić information content (AvgIpc) is 3.71.